The van der Waals surface area contributed by atoms with Crippen LogP contribution in [-0.4, -0.2) is 47.7 Å². The molecular formula is C15H28N2O2. The fourth-order valence-corrected chi connectivity index (χ4v) is 3.09. The molecule has 2 aliphatic heterocycles. The first-order chi connectivity index (χ1) is 8.92. The van der Waals surface area contributed by atoms with Gasteiger partial charge in [-0.25, -0.2) is 0 Å². The van der Waals surface area contributed by atoms with Crippen LogP contribution in [0.15, 0.2) is 0 Å². The Morgan fingerprint density at radius 3 is 2.63 bits per heavy atom. The molecule has 2 N–H and O–H groups in total. The number of likely N-dealkylation sites (tertiary alicyclic amines) is 1. The number of β-amino-alcohol motifs (C(OH)–C–C–N with tert-alkyl or cyclic N) is 1. The predicted octanol–water partition coefficient (Wildman–Crippen LogP) is 1.24. The second-order valence-electron chi connectivity index (χ2n) is 6.80. The van der Waals surface area contributed by atoms with E-state index in [4.69, 9.17) is 0 Å². The predicted molar refractivity (Wildman–Crippen MR) is 75.7 cm³/mol. The molecule has 110 valence electrons. The lowest BCUT2D eigenvalue weighted by Gasteiger charge is -2.49. The van der Waals surface area contributed by atoms with Crippen molar-refractivity contribution in [3.05, 3.63) is 0 Å². The Balaban J connectivity index is 1.76. The lowest BCUT2D eigenvalue weighted by molar-refractivity contribution is -0.164. The van der Waals surface area contributed by atoms with Gasteiger partial charge in [-0.15, -0.1) is 0 Å². The first-order valence-electron chi connectivity index (χ1n) is 7.63. The van der Waals surface area contributed by atoms with Gasteiger partial charge in [-0.2, -0.15) is 0 Å². The highest BCUT2D eigenvalue weighted by Gasteiger charge is 2.45. The molecule has 0 aromatic heterocycles. The molecule has 2 heterocycles. The number of nitrogens with zero attached hydrogens (tertiary/aromatic N) is 1. The monoisotopic (exact) mass is 268 g/mol. The standard InChI is InChI=1S/C15H28N2O2/c1-11(2)15(19)9-17(10-15)14(18)7-12(3)13-5-4-6-16-8-13/h11-13,16,19H,4-10H2,1-3H3. The Morgan fingerprint density at radius 1 is 1.42 bits per heavy atom. The van der Waals surface area contributed by atoms with Gasteiger partial charge < -0.3 is 15.3 Å². The highest BCUT2D eigenvalue weighted by molar-refractivity contribution is 5.77. The van der Waals surface area contributed by atoms with Crippen LogP contribution >= 0.6 is 0 Å². The highest BCUT2D eigenvalue weighted by Crippen LogP contribution is 2.30. The summed E-state index contributed by atoms with van der Waals surface area (Å²) in [4.78, 5) is 14.0. The largest absolute Gasteiger partial charge is 0.386 e. The number of nitrogens with one attached hydrogen (secondary N) is 1. The van der Waals surface area contributed by atoms with Crippen LogP contribution in [0.1, 0.15) is 40.0 Å². The third kappa shape index (κ3) is 3.29. The van der Waals surface area contributed by atoms with Gasteiger partial charge in [0.15, 0.2) is 0 Å². The van der Waals surface area contributed by atoms with E-state index in [-0.39, 0.29) is 11.8 Å². The van der Waals surface area contributed by atoms with Gasteiger partial charge >= 0.3 is 0 Å². The molecule has 0 aliphatic carbocycles. The van der Waals surface area contributed by atoms with Gasteiger partial charge in [-0.3, -0.25) is 4.79 Å². The van der Waals surface area contributed by atoms with Gasteiger partial charge in [0.05, 0.1) is 13.1 Å². The van der Waals surface area contributed by atoms with Gasteiger partial charge in [-0.1, -0.05) is 20.8 Å². The summed E-state index contributed by atoms with van der Waals surface area (Å²) in [6.45, 7) is 9.40. The maximum Gasteiger partial charge on any atom is 0.223 e. The summed E-state index contributed by atoms with van der Waals surface area (Å²) >= 11 is 0. The summed E-state index contributed by atoms with van der Waals surface area (Å²) < 4.78 is 0. The number of rotatable bonds is 4. The molecule has 0 spiro atoms. The maximum atomic E-state index is 12.2. The maximum absolute atomic E-state index is 12.2. The quantitative estimate of drug-likeness (QED) is 0.806. The number of hydrogen-bond donors (Lipinski definition) is 2. The van der Waals surface area contributed by atoms with Crippen LogP contribution in [0, 0.1) is 17.8 Å². The van der Waals surface area contributed by atoms with Crippen molar-refractivity contribution >= 4 is 5.91 Å². The lowest BCUT2D eigenvalue weighted by atomic mass is 9.81. The van der Waals surface area contributed by atoms with Crippen LogP contribution in [-0.2, 0) is 4.79 Å². The number of piperidine rings is 1. The Labute approximate surface area is 116 Å². The number of carbonyl (C=O) groups is 1. The van der Waals surface area contributed by atoms with E-state index < -0.39 is 5.60 Å². The summed E-state index contributed by atoms with van der Waals surface area (Å²) in [5.41, 5.74) is -0.648. The zero-order valence-electron chi connectivity index (χ0n) is 12.5. The first-order valence-corrected chi connectivity index (χ1v) is 7.63. The third-order valence-electron chi connectivity index (χ3n) is 4.99. The molecule has 0 saturated carbocycles. The second-order valence-corrected chi connectivity index (χ2v) is 6.80. The van der Waals surface area contributed by atoms with Crippen molar-refractivity contribution in [3.63, 3.8) is 0 Å². The highest BCUT2D eigenvalue weighted by atomic mass is 16.3. The summed E-state index contributed by atoms with van der Waals surface area (Å²) in [6.07, 6.45) is 3.08. The smallest absolute Gasteiger partial charge is 0.223 e. The van der Waals surface area contributed by atoms with Crippen molar-refractivity contribution in [2.24, 2.45) is 17.8 Å². The molecule has 1 amide bonds. The molecule has 2 fully saturated rings. The van der Waals surface area contributed by atoms with Gasteiger partial charge in [0.25, 0.3) is 0 Å². The van der Waals surface area contributed by atoms with Crippen molar-refractivity contribution in [2.45, 2.75) is 45.6 Å². The van der Waals surface area contributed by atoms with Crippen LogP contribution in [0.5, 0.6) is 0 Å². The number of amides is 1. The molecule has 2 unspecified atom stereocenters. The summed E-state index contributed by atoms with van der Waals surface area (Å²) in [5.74, 6) is 1.50. The molecule has 0 aromatic carbocycles. The summed E-state index contributed by atoms with van der Waals surface area (Å²) in [5, 5.41) is 13.6. The zero-order chi connectivity index (χ0) is 14.0. The molecule has 0 radical (unpaired) electrons. The molecular weight excluding hydrogens is 240 g/mol. The van der Waals surface area contributed by atoms with Crippen LogP contribution in [0.2, 0.25) is 0 Å². The van der Waals surface area contributed by atoms with Gasteiger partial charge in [0.1, 0.15) is 5.60 Å². The fourth-order valence-electron chi connectivity index (χ4n) is 3.09. The molecule has 0 aromatic rings. The van der Waals surface area contributed by atoms with E-state index in [2.05, 4.69) is 12.2 Å². The molecule has 2 atom stereocenters. The Kier molecular flexibility index (Phi) is 4.51. The molecule has 0 bridgehead atoms. The van der Waals surface area contributed by atoms with Crippen molar-refractivity contribution in [1.29, 1.82) is 0 Å². The van der Waals surface area contributed by atoms with Crippen molar-refractivity contribution < 1.29 is 9.90 Å². The van der Waals surface area contributed by atoms with Crippen LogP contribution in [0.25, 0.3) is 0 Å². The first kappa shape index (κ1) is 14.8. The molecule has 19 heavy (non-hydrogen) atoms. The van der Waals surface area contributed by atoms with Gasteiger partial charge in [0.2, 0.25) is 5.91 Å². The molecule has 2 saturated heterocycles. The number of hydrogen-bond acceptors (Lipinski definition) is 3. The minimum Gasteiger partial charge on any atom is -0.386 e. The summed E-state index contributed by atoms with van der Waals surface area (Å²) in [7, 11) is 0. The van der Waals surface area contributed by atoms with Gasteiger partial charge in [0, 0.05) is 6.42 Å². The normalized spacial score (nSPS) is 28.1. The van der Waals surface area contributed by atoms with Crippen molar-refractivity contribution in [3.8, 4) is 0 Å². The number of carbonyl (C=O) groups excluding carboxylic acids is 1. The Morgan fingerprint density at radius 2 is 2.11 bits per heavy atom. The van der Waals surface area contributed by atoms with E-state index in [1.807, 2.05) is 18.7 Å². The molecule has 2 aliphatic rings. The van der Waals surface area contributed by atoms with Crippen molar-refractivity contribution in [1.82, 2.24) is 10.2 Å². The fraction of sp³-hybridized carbons (Fsp3) is 0.933. The molecule has 2 rings (SSSR count). The topological polar surface area (TPSA) is 52.6 Å². The van der Waals surface area contributed by atoms with Gasteiger partial charge in [-0.05, 0) is 43.7 Å². The van der Waals surface area contributed by atoms with E-state index in [9.17, 15) is 9.90 Å². The minimum atomic E-state index is -0.648. The van der Waals surface area contributed by atoms with Crippen LogP contribution in [0.3, 0.4) is 0 Å². The number of aliphatic hydroxyl groups is 1. The Bertz CT molecular complexity index is 318. The second kappa shape index (κ2) is 5.80. The van der Waals surface area contributed by atoms with E-state index in [0.717, 1.165) is 13.1 Å². The average molecular weight is 268 g/mol. The molecule has 4 nitrogen and oxygen atoms in total. The van der Waals surface area contributed by atoms with Crippen LogP contribution in [0.4, 0.5) is 0 Å². The van der Waals surface area contributed by atoms with E-state index >= 15 is 0 Å². The van der Waals surface area contributed by atoms with E-state index in [1.54, 1.807) is 0 Å². The SMILES string of the molecule is CC(CC(=O)N1CC(O)(C(C)C)C1)C1CCCNC1. The van der Waals surface area contributed by atoms with E-state index in [1.165, 1.54) is 12.8 Å². The Hall–Kier alpha value is -0.610. The zero-order valence-corrected chi connectivity index (χ0v) is 12.5. The minimum absolute atomic E-state index is 0.211. The molecule has 4 heteroatoms. The van der Waals surface area contributed by atoms with Crippen molar-refractivity contribution in [2.75, 3.05) is 26.2 Å². The lowest BCUT2D eigenvalue weighted by Crippen LogP contribution is -2.66. The van der Waals surface area contributed by atoms with E-state index in [0.29, 0.717) is 31.3 Å². The average Bonchev–Trinajstić information content (AvgIpc) is 2.35. The van der Waals surface area contributed by atoms with Crippen LogP contribution < -0.4 is 5.32 Å². The summed E-state index contributed by atoms with van der Waals surface area (Å²) in [6, 6.07) is 0. The third-order valence-corrected chi connectivity index (χ3v) is 4.99.